The monoisotopic (exact) mass is 460 g/mol. The highest BCUT2D eigenvalue weighted by atomic mass is 32.2. The van der Waals surface area contributed by atoms with Crippen LogP contribution in [0.3, 0.4) is 0 Å². The van der Waals surface area contributed by atoms with Gasteiger partial charge in [-0.05, 0) is 37.3 Å². The van der Waals surface area contributed by atoms with E-state index in [1.807, 2.05) is 13.8 Å². The van der Waals surface area contributed by atoms with Crippen molar-refractivity contribution in [3.8, 4) is 0 Å². The Labute approximate surface area is 182 Å². The molecule has 2 aliphatic rings. The number of nitrogens with one attached hydrogen (secondary N) is 2. The highest BCUT2D eigenvalue weighted by Gasteiger charge is 2.43. The minimum absolute atomic E-state index is 0.0865. The molecule has 2 saturated heterocycles. The van der Waals surface area contributed by atoms with Gasteiger partial charge in [-0.3, -0.25) is 30.0 Å². The first-order valence-electron chi connectivity index (χ1n) is 8.75. The Bertz CT molecular complexity index is 706. The SMILES string of the molecule is CCCCC(=O)NN1C(=O)/C(=C2\SC(=S)N(NC(=O)CCCC)C2=O)SC1=S. The van der Waals surface area contributed by atoms with Crippen molar-refractivity contribution in [1.29, 1.82) is 0 Å². The zero-order valence-electron chi connectivity index (χ0n) is 15.4. The molecule has 2 rings (SSSR count). The number of nitrogens with zero attached hydrogens (tertiary/aromatic N) is 2. The Morgan fingerprint density at radius 2 is 1.18 bits per heavy atom. The molecular formula is C16H20N4O4S4. The van der Waals surface area contributed by atoms with Crippen LogP contribution in [-0.4, -0.2) is 42.3 Å². The molecule has 0 unspecified atom stereocenters. The van der Waals surface area contributed by atoms with Crippen LogP contribution in [0.4, 0.5) is 0 Å². The van der Waals surface area contributed by atoms with E-state index in [1.54, 1.807) is 0 Å². The summed E-state index contributed by atoms with van der Waals surface area (Å²) in [6.07, 6.45) is 3.62. The van der Waals surface area contributed by atoms with Crippen molar-refractivity contribution in [2.75, 3.05) is 0 Å². The normalized spacial score (nSPS) is 19.6. The van der Waals surface area contributed by atoms with Crippen LogP contribution < -0.4 is 10.9 Å². The van der Waals surface area contributed by atoms with Crippen LogP contribution in [-0.2, 0) is 19.2 Å². The third-order valence-electron chi connectivity index (χ3n) is 3.73. The Morgan fingerprint density at radius 3 is 1.50 bits per heavy atom. The molecule has 2 N–H and O–H groups in total. The van der Waals surface area contributed by atoms with E-state index in [-0.39, 0.29) is 43.1 Å². The molecule has 2 heterocycles. The number of hydrogen-bond donors (Lipinski definition) is 2. The largest absolute Gasteiger partial charge is 0.286 e. The molecule has 0 radical (unpaired) electrons. The van der Waals surface area contributed by atoms with Crippen molar-refractivity contribution in [2.24, 2.45) is 0 Å². The van der Waals surface area contributed by atoms with Crippen LogP contribution in [0.25, 0.3) is 0 Å². The Kier molecular flexibility index (Phi) is 8.40. The van der Waals surface area contributed by atoms with Gasteiger partial charge in [0.05, 0.1) is 0 Å². The van der Waals surface area contributed by atoms with E-state index in [1.165, 1.54) is 0 Å². The highest BCUT2D eigenvalue weighted by molar-refractivity contribution is 8.29. The summed E-state index contributed by atoms with van der Waals surface area (Å²) in [7, 11) is 0. The lowest BCUT2D eigenvalue weighted by atomic mass is 10.2. The second-order valence-electron chi connectivity index (χ2n) is 5.95. The highest BCUT2D eigenvalue weighted by Crippen LogP contribution is 2.41. The lowest BCUT2D eigenvalue weighted by molar-refractivity contribution is -0.134. The molecule has 0 atom stereocenters. The maximum absolute atomic E-state index is 12.7. The van der Waals surface area contributed by atoms with E-state index in [2.05, 4.69) is 10.9 Å². The molecule has 0 spiro atoms. The number of hydrazine groups is 2. The molecule has 8 nitrogen and oxygen atoms in total. The van der Waals surface area contributed by atoms with Crippen LogP contribution in [0.5, 0.6) is 0 Å². The number of unbranched alkanes of at least 4 members (excludes halogenated alkanes) is 2. The number of carbonyl (C=O) groups excluding carboxylic acids is 4. The molecule has 2 aliphatic heterocycles. The van der Waals surface area contributed by atoms with Gasteiger partial charge in [0.25, 0.3) is 11.8 Å². The third kappa shape index (κ3) is 5.31. The van der Waals surface area contributed by atoms with Gasteiger partial charge in [0.2, 0.25) is 11.8 Å². The molecule has 28 heavy (non-hydrogen) atoms. The second-order valence-corrected chi connectivity index (χ2v) is 9.24. The number of hydrogen-bond acceptors (Lipinski definition) is 8. The summed E-state index contributed by atoms with van der Waals surface area (Å²) in [6, 6.07) is 0. The van der Waals surface area contributed by atoms with Crippen molar-refractivity contribution in [2.45, 2.75) is 52.4 Å². The van der Waals surface area contributed by atoms with Crippen molar-refractivity contribution < 1.29 is 19.2 Å². The van der Waals surface area contributed by atoms with Gasteiger partial charge in [-0.1, -0.05) is 50.2 Å². The van der Waals surface area contributed by atoms with Crippen molar-refractivity contribution in [3.05, 3.63) is 9.81 Å². The van der Waals surface area contributed by atoms with E-state index < -0.39 is 11.8 Å². The third-order valence-corrected chi connectivity index (χ3v) is 6.61. The van der Waals surface area contributed by atoms with Gasteiger partial charge in [-0.25, -0.2) is 0 Å². The van der Waals surface area contributed by atoms with Crippen molar-refractivity contribution in [1.82, 2.24) is 20.9 Å². The van der Waals surface area contributed by atoms with E-state index in [4.69, 9.17) is 24.4 Å². The molecule has 0 aliphatic carbocycles. The maximum Gasteiger partial charge on any atom is 0.286 e. The fourth-order valence-corrected chi connectivity index (χ4v) is 4.75. The number of amides is 4. The van der Waals surface area contributed by atoms with Crippen LogP contribution in [0.1, 0.15) is 52.4 Å². The standard InChI is InChI=1S/C16H20N4O4S4/c1-3-5-7-9(21)17-19-13(23)11(27-15(19)25)12-14(24)20(16(26)28-12)18-10(22)8-6-4-2/h3-8H2,1-2H3,(H,17,21)(H,18,22)/b12-11+. The van der Waals surface area contributed by atoms with Gasteiger partial charge in [0.1, 0.15) is 9.81 Å². The van der Waals surface area contributed by atoms with Crippen LogP contribution in [0, 0.1) is 0 Å². The first kappa shape index (κ1) is 22.8. The molecule has 0 aromatic carbocycles. The van der Waals surface area contributed by atoms with Gasteiger partial charge in [0.15, 0.2) is 8.64 Å². The predicted molar refractivity (Wildman–Crippen MR) is 116 cm³/mol. The lowest BCUT2D eigenvalue weighted by Crippen LogP contribution is -2.45. The Balaban J connectivity index is 2.12. The van der Waals surface area contributed by atoms with Crippen LogP contribution in [0.15, 0.2) is 9.81 Å². The smallest absolute Gasteiger partial charge is 0.273 e. The first-order valence-corrected chi connectivity index (χ1v) is 11.2. The van der Waals surface area contributed by atoms with Gasteiger partial charge < -0.3 is 0 Å². The molecular weight excluding hydrogens is 440 g/mol. The molecule has 0 bridgehead atoms. The first-order chi connectivity index (χ1) is 13.3. The summed E-state index contributed by atoms with van der Waals surface area (Å²) in [5.41, 5.74) is 4.94. The average Bonchev–Trinajstić information content (AvgIpc) is 3.09. The summed E-state index contributed by atoms with van der Waals surface area (Å²) >= 11 is 12.2. The fourth-order valence-electron chi connectivity index (χ4n) is 2.24. The summed E-state index contributed by atoms with van der Waals surface area (Å²) in [5.74, 6) is -1.82. The molecule has 4 amide bonds. The minimum Gasteiger partial charge on any atom is -0.273 e. The Hall–Kier alpha value is -1.50. The molecule has 12 heteroatoms. The van der Waals surface area contributed by atoms with E-state index >= 15 is 0 Å². The topological polar surface area (TPSA) is 98.8 Å². The van der Waals surface area contributed by atoms with Gasteiger partial charge >= 0.3 is 0 Å². The van der Waals surface area contributed by atoms with E-state index in [0.29, 0.717) is 12.8 Å². The molecule has 0 aromatic rings. The quantitative estimate of drug-likeness (QED) is 0.421. The van der Waals surface area contributed by atoms with Crippen LogP contribution >= 0.6 is 48.0 Å². The zero-order chi connectivity index (χ0) is 20.8. The lowest BCUT2D eigenvalue weighted by Gasteiger charge is -2.16. The summed E-state index contributed by atoms with van der Waals surface area (Å²) in [4.78, 5) is 49.3. The summed E-state index contributed by atoms with van der Waals surface area (Å²) < 4.78 is 0.254. The maximum atomic E-state index is 12.7. The summed E-state index contributed by atoms with van der Waals surface area (Å²) in [6.45, 7) is 3.91. The minimum atomic E-state index is -0.586. The summed E-state index contributed by atoms with van der Waals surface area (Å²) in [5, 5.41) is 1.94. The Morgan fingerprint density at radius 1 is 0.821 bits per heavy atom. The fraction of sp³-hybridized carbons (Fsp3) is 0.500. The average molecular weight is 461 g/mol. The van der Waals surface area contributed by atoms with Crippen molar-refractivity contribution in [3.63, 3.8) is 0 Å². The van der Waals surface area contributed by atoms with Crippen LogP contribution in [0.2, 0.25) is 0 Å². The van der Waals surface area contributed by atoms with E-state index in [9.17, 15) is 19.2 Å². The molecule has 2 fully saturated rings. The van der Waals surface area contributed by atoms with E-state index in [0.717, 1.165) is 46.4 Å². The number of carbonyl (C=O) groups is 4. The second kappa shape index (κ2) is 10.3. The number of thiocarbonyl (C=S) groups is 2. The van der Waals surface area contributed by atoms with Gasteiger partial charge in [0, 0.05) is 12.8 Å². The number of thioether (sulfide) groups is 2. The molecule has 152 valence electrons. The molecule has 0 saturated carbocycles. The number of rotatable bonds is 8. The predicted octanol–water partition coefficient (Wildman–Crippen LogP) is 2.36. The van der Waals surface area contributed by atoms with Gasteiger partial charge in [-0.2, -0.15) is 10.0 Å². The molecule has 0 aromatic heterocycles. The van der Waals surface area contributed by atoms with Gasteiger partial charge in [-0.15, -0.1) is 0 Å². The zero-order valence-corrected chi connectivity index (χ0v) is 18.7. The van der Waals surface area contributed by atoms with Crippen molar-refractivity contribution >= 4 is 80.2 Å².